The highest BCUT2D eigenvalue weighted by atomic mass is 16.5. The molecule has 0 radical (unpaired) electrons. The lowest BCUT2D eigenvalue weighted by Crippen LogP contribution is -1.94. The third kappa shape index (κ3) is 2.16. The van der Waals surface area contributed by atoms with E-state index >= 15 is 0 Å². The molecule has 0 unspecified atom stereocenters. The highest BCUT2D eigenvalue weighted by Gasteiger charge is 2.11. The first-order valence-electron chi connectivity index (χ1n) is 6.09. The molecule has 0 spiro atoms. The van der Waals surface area contributed by atoms with Gasteiger partial charge in [0.2, 0.25) is 0 Å². The first-order valence-corrected chi connectivity index (χ1v) is 6.09. The minimum absolute atomic E-state index is 0.543. The summed E-state index contributed by atoms with van der Waals surface area (Å²) < 4.78 is 5.22. The van der Waals surface area contributed by atoms with Gasteiger partial charge in [-0.3, -0.25) is 0 Å². The van der Waals surface area contributed by atoms with Crippen molar-refractivity contribution in [1.82, 2.24) is 4.98 Å². The van der Waals surface area contributed by atoms with Gasteiger partial charge in [-0.2, -0.15) is 0 Å². The van der Waals surface area contributed by atoms with Crippen LogP contribution in [-0.4, -0.2) is 17.8 Å². The Balaban J connectivity index is 2.67. The number of rotatable bonds is 4. The van der Waals surface area contributed by atoms with E-state index in [1.807, 2.05) is 18.2 Å². The molecule has 0 aliphatic rings. The topological polar surface area (TPSA) is 48.9 Å². The molecule has 0 saturated heterocycles. The molecule has 0 aliphatic heterocycles. The Kier molecular flexibility index (Phi) is 3.51. The van der Waals surface area contributed by atoms with Crippen LogP contribution < -0.4 is 4.74 Å². The molecule has 94 valence electrons. The van der Waals surface area contributed by atoms with Crippen molar-refractivity contribution in [3.05, 3.63) is 35.5 Å². The zero-order valence-electron chi connectivity index (χ0n) is 11.0. The summed E-state index contributed by atoms with van der Waals surface area (Å²) >= 11 is 0. The maximum atomic E-state index is 7.85. The lowest BCUT2D eigenvalue weighted by atomic mass is 10.1. The molecule has 0 amide bonds. The summed E-state index contributed by atoms with van der Waals surface area (Å²) in [6.45, 7) is 3.90. The van der Waals surface area contributed by atoms with Gasteiger partial charge in [-0.05, 0) is 25.5 Å². The predicted octanol–water partition coefficient (Wildman–Crippen LogP) is 3.99. The molecule has 2 rings (SSSR count). The van der Waals surface area contributed by atoms with Gasteiger partial charge in [0.15, 0.2) is 0 Å². The highest BCUT2D eigenvalue weighted by molar-refractivity contribution is 6.05. The molecule has 0 saturated carbocycles. The lowest BCUT2D eigenvalue weighted by molar-refractivity contribution is 0.415. The molecule has 18 heavy (non-hydrogen) atoms. The van der Waals surface area contributed by atoms with Crippen molar-refractivity contribution in [3.8, 4) is 5.75 Å². The van der Waals surface area contributed by atoms with Crippen LogP contribution in [0.25, 0.3) is 17.0 Å². The Bertz CT molecular complexity index is 608. The molecule has 2 N–H and O–H groups in total. The highest BCUT2D eigenvalue weighted by Crippen LogP contribution is 2.27. The van der Waals surface area contributed by atoms with Gasteiger partial charge in [-0.15, -0.1) is 0 Å². The molecule has 0 atom stereocenters. The van der Waals surface area contributed by atoms with E-state index < -0.39 is 0 Å². The van der Waals surface area contributed by atoms with E-state index in [1.165, 1.54) is 0 Å². The molecule has 3 heteroatoms. The summed E-state index contributed by atoms with van der Waals surface area (Å²) in [7, 11) is 1.66. The van der Waals surface area contributed by atoms with Crippen LogP contribution in [0.3, 0.4) is 0 Å². The van der Waals surface area contributed by atoms with Crippen LogP contribution >= 0.6 is 0 Å². The summed E-state index contributed by atoms with van der Waals surface area (Å²) in [4.78, 5) is 3.29. The number of fused-ring (bicyclic) bond motifs is 1. The van der Waals surface area contributed by atoms with Crippen molar-refractivity contribution < 1.29 is 4.74 Å². The largest absolute Gasteiger partial charge is 0.497 e. The summed E-state index contributed by atoms with van der Waals surface area (Å²) in [6, 6.07) is 5.94. The van der Waals surface area contributed by atoms with E-state index in [0.29, 0.717) is 5.71 Å². The first-order chi connectivity index (χ1) is 8.67. The average molecular weight is 242 g/mol. The van der Waals surface area contributed by atoms with Crippen LogP contribution in [-0.2, 0) is 0 Å². The van der Waals surface area contributed by atoms with Crippen molar-refractivity contribution in [2.45, 2.75) is 20.3 Å². The van der Waals surface area contributed by atoms with Crippen molar-refractivity contribution in [2.75, 3.05) is 7.11 Å². The lowest BCUT2D eigenvalue weighted by Gasteiger charge is -1.99. The average Bonchev–Trinajstić information content (AvgIpc) is 2.74. The maximum Gasteiger partial charge on any atom is 0.120 e. The molecule has 0 fully saturated rings. The molecular weight excluding hydrogens is 224 g/mol. The molecule has 1 heterocycles. The number of benzene rings is 1. The van der Waals surface area contributed by atoms with Crippen LogP contribution in [0.2, 0.25) is 0 Å². The van der Waals surface area contributed by atoms with Gasteiger partial charge < -0.3 is 15.1 Å². The minimum Gasteiger partial charge on any atom is -0.497 e. The fraction of sp³-hybridized carbons (Fsp3) is 0.267. The maximum absolute atomic E-state index is 7.85. The van der Waals surface area contributed by atoms with E-state index in [2.05, 4.69) is 24.1 Å². The fourth-order valence-corrected chi connectivity index (χ4v) is 2.03. The molecule has 0 aliphatic carbocycles. The molecule has 0 bridgehead atoms. The Hall–Kier alpha value is -2.03. The van der Waals surface area contributed by atoms with Crippen molar-refractivity contribution in [1.29, 1.82) is 5.41 Å². The second kappa shape index (κ2) is 5.08. The smallest absolute Gasteiger partial charge is 0.120 e. The minimum atomic E-state index is 0.543. The third-order valence-corrected chi connectivity index (χ3v) is 2.94. The summed E-state index contributed by atoms with van der Waals surface area (Å²) in [5, 5.41) is 8.97. The van der Waals surface area contributed by atoms with Crippen molar-refractivity contribution in [3.63, 3.8) is 0 Å². The van der Waals surface area contributed by atoms with Gasteiger partial charge in [0.1, 0.15) is 5.75 Å². The summed E-state index contributed by atoms with van der Waals surface area (Å²) in [5.74, 6) is 0.823. The van der Waals surface area contributed by atoms with Gasteiger partial charge in [-0.1, -0.05) is 19.1 Å². The SMILES string of the molecule is CC/C=C\c1c(C(C)=N)[nH]c2cc(OC)ccc12. The number of aromatic nitrogens is 1. The fourth-order valence-electron chi connectivity index (χ4n) is 2.03. The van der Waals surface area contributed by atoms with Crippen LogP contribution in [0.15, 0.2) is 24.3 Å². The third-order valence-electron chi connectivity index (χ3n) is 2.94. The van der Waals surface area contributed by atoms with Crippen LogP contribution in [0.5, 0.6) is 5.75 Å². The zero-order chi connectivity index (χ0) is 13.1. The van der Waals surface area contributed by atoms with E-state index in [1.54, 1.807) is 14.0 Å². The number of ether oxygens (including phenoxy) is 1. The van der Waals surface area contributed by atoms with Gasteiger partial charge in [0.25, 0.3) is 0 Å². The Morgan fingerprint density at radius 2 is 2.22 bits per heavy atom. The number of methoxy groups -OCH3 is 1. The number of aromatic amines is 1. The number of nitrogens with one attached hydrogen (secondary N) is 2. The van der Waals surface area contributed by atoms with E-state index in [9.17, 15) is 0 Å². The number of H-pyrrole nitrogens is 1. The molecule has 3 nitrogen and oxygen atoms in total. The second-order valence-electron chi connectivity index (χ2n) is 4.26. The first kappa shape index (κ1) is 12.4. The van der Waals surface area contributed by atoms with Gasteiger partial charge in [-0.25, -0.2) is 0 Å². The molecular formula is C15H18N2O. The number of hydrogen-bond acceptors (Lipinski definition) is 2. The van der Waals surface area contributed by atoms with Gasteiger partial charge in [0, 0.05) is 17.0 Å². The van der Waals surface area contributed by atoms with E-state index in [0.717, 1.165) is 34.3 Å². The van der Waals surface area contributed by atoms with Crippen LogP contribution in [0.1, 0.15) is 31.5 Å². The summed E-state index contributed by atoms with van der Waals surface area (Å²) in [5.41, 5.74) is 3.51. The van der Waals surface area contributed by atoms with Crippen LogP contribution in [0.4, 0.5) is 0 Å². The van der Waals surface area contributed by atoms with Crippen molar-refractivity contribution in [2.24, 2.45) is 0 Å². The monoisotopic (exact) mass is 242 g/mol. The zero-order valence-corrected chi connectivity index (χ0v) is 11.0. The van der Waals surface area contributed by atoms with Gasteiger partial charge in [0.05, 0.1) is 24.0 Å². The Labute approximate surface area is 107 Å². The summed E-state index contributed by atoms with van der Waals surface area (Å²) in [6.07, 6.45) is 5.18. The molecule has 1 aromatic carbocycles. The standard InChI is InChI=1S/C15H18N2O/c1-4-5-6-13-12-8-7-11(18-3)9-14(12)17-15(13)10(2)16/h5-9,16-17H,4H2,1-3H3/b6-5-,16-10?. The Morgan fingerprint density at radius 3 is 2.83 bits per heavy atom. The van der Waals surface area contributed by atoms with Crippen LogP contribution in [0, 0.1) is 5.41 Å². The van der Waals surface area contributed by atoms with Crippen molar-refractivity contribution >= 4 is 22.7 Å². The second-order valence-corrected chi connectivity index (χ2v) is 4.26. The Morgan fingerprint density at radius 1 is 1.44 bits per heavy atom. The number of hydrogen-bond donors (Lipinski definition) is 2. The van der Waals surface area contributed by atoms with Gasteiger partial charge >= 0.3 is 0 Å². The predicted molar refractivity (Wildman–Crippen MR) is 76.7 cm³/mol. The van der Waals surface area contributed by atoms with E-state index in [-0.39, 0.29) is 0 Å². The normalized spacial score (nSPS) is 11.3. The number of allylic oxidation sites excluding steroid dienone is 1. The van der Waals surface area contributed by atoms with E-state index in [4.69, 9.17) is 10.1 Å². The molecule has 2 aromatic rings. The molecule has 1 aromatic heterocycles. The quantitative estimate of drug-likeness (QED) is 0.782.